The summed E-state index contributed by atoms with van der Waals surface area (Å²) >= 11 is 0. The van der Waals surface area contributed by atoms with Crippen LogP contribution in [0.4, 0.5) is 33.4 Å². The highest BCUT2D eigenvalue weighted by atomic mass is 32.3. The molecule has 3 amide bonds. The summed E-state index contributed by atoms with van der Waals surface area (Å²) in [5.74, 6) is 2.16. The molecule has 2 heterocycles. The van der Waals surface area contributed by atoms with E-state index in [1.807, 2.05) is 45.0 Å². The van der Waals surface area contributed by atoms with Crippen molar-refractivity contribution >= 4 is 62.1 Å². The number of nitrogens with zero attached hydrogens (tertiary/aromatic N) is 2. The van der Waals surface area contributed by atoms with E-state index in [4.69, 9.17) is 14.2 Å². The average molecular weight is 812 g/mol. The molecule has 58 heavy (non-hydrogen) atoms. The van der Waals surface area contributed by atoms with Gasteiger partial charge in [-0.2, -0.15) is 0 Å². The lowest BCUT2D eigenvalue weighted by Crippen LogP contribution is -2.37. The molecule has 308 valence electrons. The van der Waals surface area contributed by atoms with Crippen LogP contribution in [0.1, 0.15) is 56.0 Å². The molecule has 1 aliphatic rings. The van der Waals surface area contributed by atoms with Crippen molar-refractivity contribution in [1.29, 1.82) is 0 Å². The van der Waals surface area contributed by atoms with Gasteiger partial charge in [0.1, 0.15) is 23.1 Å². The van der Waals surface area contributed by atoms with E-state index in [0.29, 0.717) is 57.9 Å². The van der Waals surface area contributed by atoms with Crippen LogP contribution in [0.5, 0.6) is 23.0 Å². The molecule has 0 aliphatic carbocycles. The minimum atomic E-state index is -3.14. The predicted molar refractivity (Wildman–Crippen MR) is 234 cm³/mol. The van der Waals surface area contributed by atoms with Crippen molar-refractivity contribution in [3.63, 3.8) is 0 Å². The fraction of sp³-hybridized carbons (Fsp3) is 0.326. The molecule has 6 rings (SSSR count). The first kappa shape index (κ1) is 41.9. The van der Waals surface area contributed by atoms with E-state index in [0.717, 1.165) is 36.0 Å². The summed E-state index contributed by atoms with van der Waals surface area (Å²) in [5, 5.41) is 13.6. The molecular formula is C43H53N7O7S. The number of ether oxygens (including phenoxy) is 3. The molecule has 4 aromatic carbocycles. The molecule has 1 saturated heterocycles. The van der Waals surface area contributed by atoms with Gasteiger partial charge in [-0.05, 0) is 79.4 Å². The van der Waals surface area contributed by atoms with Crippen molar-refractivity contribution in [2.24, 2.45) is 0 Å². The number of likely N-dealkylation sites (tertiary alicyclic amines) is 1. The Morgan fingerprint density at radius 1 is 0.828 bits per heavy atom. The summed E-state index contributed by atoms with van der Waals surface area (Å²) in [4.78, 5) is 33.5. The number of anilines is 5. The van der Waals surface area contributed by atoms with Gasteiger partial charge in [-0.3, -0.25) is 18.6 Å². The van der Waals surface area contributed by atoms with Gasteiger partial charge in [0.15, 0.2) is 5.75 Å². The van der Waals surface area contributed by atoms with Crippen molar-refractivity contribution in [2.45, 2.75) is 45.4 Å². The van der Waals surface area contributed by atoms with Crippen molar-refractivity contribution in [3.05, 3.63) is 96.2 Å². The summed E-state index contributed by atoms with van der Waals surface area (Å²) in [6.07, 6.45) is 6.57. The van der Waals surface area contributed by atoms with E-state index >= 15 is 0 Å². The molecular weight excluding hydrogens is 759 g/mol. The van der Waals surface area contributed by atoms with Gasteiger partial charge in [0.05, 0.1) is 31.3 Å². The third-order valence-electron chi connectivity index (χ3n) is 9.64. The van der Waals surface area contributed by atoms with Gasteiger partial charge in [0.2, 0.25) is 0 Å². The van der Waals surface area contributed by atoms with Crippen LogP contribution >= 0.6 is 10.8 Å². The van der Waals surface area contributed by atoms with E-state index < -0.39 is 16.8 Å². The lowest BCUT2D eigenvalue weighted by molar-refractivity contribution is 0.0946. The standard InChI is InChI=1S/C43H53N7O7S/c1-43(2,3)29-24-36(40(56-5)37(25-29)49-58(6,53)54)48-42(52)47-35-14-15-38(34-13-9-8-12-33(34)35)57-31-16-17-44-39(27-31)46-30-22-28(23-32(26-30)55-4)41(51)45-18-21-50-19-10-7-11-20-50/h8-9,12-17,22-27,49,53-54H,7,10-11,18-21H2,1-6H3,(H,44,46)(H,45,51)(H2,47,48,52). The highest BCUT2D eigenvalue weighted by Crippen LogP contribution is 2.44. The zero-order chi connectivity index (χ0) is 41.5. The fourth-order valence-corrected chi connectivity index (χ4v) is 7.32. The Morgan fingerprint density at radius 2 is 1.55 bits per heavy atom. The molecule has 1 fully saturated rings. The Hall–Kier alpha value is -5.74. The van der Waals surface area contributed by atoms with Gasteiger partial charge in [-0.1, -0.05) is 51.5 Å². The number of urea groups is 1. The van der Waals surface area contributed by atoms with E-state index in [1.54, 1.807) is 67.9 Å². The minimum Gasteiger partial charge on any atom is -0.497 e. The third kappa shape index (κ3) is 11.0. The molecule has 14 nitrogen and oxygen atoms in total. The van der Waals surface area contributed by atoms with Crippen molar-refractivity contribution in [1.82, 2.24) is 15.2 Å². The molecule has 5 aromatic rings. The van der Waals surface area contributed by atoms with Gasteiger partial charge in [0.25, 0.3) is 5.91 Å². The number of carbonyl (C=O) groups excluding carboxylic acids is 2. The molecule has 7 N–H and O–H groups in total. The SMILES string of the molecule is COc1cc(Nc2cc(Oc3ccc(NC(=O)Nc4cc(C(C)(C)C)cc(NS(C)(O)O)c4OC)c4ccccc34)ccn2)cc(C(=O)NCCN2CCCCC2)c1. The second-order valence-electron chi connectivity index (χ2n) is 15.2. The number of amides is 3. The average Bonchev–Trinajstić information content (AvgIpc) is 3.18. The predicted octanol–water partition coefficient (Wildman–Crippen LogP) is 9.65. The zero-order valence-corrected chi connectivity index (χ0v) is 34.6. The number of piperidine rings is 1. The third-order valence-corrected chi connectivity index (χ3v) is 10.2. The number of benzene rings is 4. The van der Waals surface area contributed by atoms with Gasteiger partial charge in [0, 0.05) is 59.7 Å². The van der Waals surface area contributed by atoms with E-state index in [9.17, 15) is 18.7 Å². The van der Waals surface area contributed by atoms with E-state index in [-0.39, 0.29) is 17.1 Å². The number of rotatable bonds is 14. The second-order valence-corrected chi connectivity index (χ2v) is 17.1. The Balaban J connectivity index is 1.17. The molecule has 0 radical (unpaired) electrons. The first-order chi connectivity index (χ1) is 27.7. The maximum atomic E-state index is 13.6. The lowest BCUT2D eigenvalue weighted by Gasteiger charge is -2.31. The molecule has 0 bridgehead atoms. The Kier molecular flexibility index (Phi) is 13.2. The van der Waals surface area contributed by atoms with Crippen LogP contribution in [0.3, 0.4) is 0 Å². The van der Waals surface area contributed by atoms with E-state index in [2.05, 4.69) is 35.9 Å². The van der Waals surface area contributed by atoms with Crippen LogP contribution in [0.15, 0.2) is 85.1 Å². The monoisotopic (exact) mass is 811 g/mol. The highest BCUT2D eigenvalue weighted by molar-refractivity contribution is 8.24. The number of methoxy groups -OCH3 is 2. The van der Waals surface area contributed by atoms with Crippen LogP contribution < -0.4 is 40.2 Å². The number of pyridine rings is 1. The maximum absolute atomic E-state index is 13.6. The first-order valence-corrected chi connectivity index (χ1v) is 21.1. The molecule has 15 heteroatoms. The molecule has 0 unspecified atom stereocenters. The summed E-state index contributed by atoms with van der Waals surface area (Å²) < 4.78 is 40.6. The first-order valence-electron chi connectivity index (χ1n) is 19.1. The van der Waals surface area contributed by atoms with Crippen LogP contribution in [-0.2, 0) is 5.41 Å². The Labute approximate surface area is 341 Å². The molecule has 0 spiro atoms. The molecule has 0 atom stereocenters. The Morgan fingerprint density at radius 3 is 2.26 bits per heavy atom. The van der Waals surface area contributed by atoms with Crippen molar-refractivity contribution in [3.8, 4) is 23.0 Å². The maximum Gasteiger partial charge on any atom is 0.323 e. The quantitative estimate of drug-likeness (QED) is 0.0568. The fourth-order valence-electron chi connectivity index (χ4n) is 6.75. The van der Waals surface area contributed by atoms with Crippen LogP contribution in [0.25, 0.3) is 10.8 Å². The number of fused-ring (bicyclic) bond motifs is 1. The normalized spacial score (nSPS) is 13.7. The van der Waals surface area contributed by atoms with Crippen molar-refractivity contribution in [2.75, 3.05) is 67.3 Å². The summed E-state index contributed by atoms with van der Waals surface area (Å²) in [5.41, 5.74) is 2.83. The number of aromatic nitrogens is 1. The van der Waals surface area contributed by atoms with Gasteiger partial charge in [-0.25, -0.2) is 9.78 Å². The summed E-state index contributed by atoms with van der Waals surface area (Å²) in [6, 6.07) is 22.9. The zero-order valence-electron chi connectivity index (χ0n) is 33.8. The lowest BCUT2D eigenvalue weighted by atomic mass is 9.86. The van der Waals surface area contributed by atoms with Gasteiger partial charge < -0.3 is 40.4 Å². The summed E-state index contributed by atoms with van der Waals surface area (Å²) in [6.45, 7) is 9.58. The van der Waals surface area contributed by atoms with Gasteiger partial charge in [-0.15, -0.1) is 10.8 Å². The van der Waals surface area contributed by atoms with Crippen LogP contribution in [0.2, 0.25) is 0 Å². The van der Waals surface area contributed by atoms with E-state index in [1.165, 1.54) is 32.6 Å². The topological polar surface area (TPSA) is 179 Å². The number of hydrogen-bond acceptors (Lipinski definition) is 11. The van der Waals surface area contributed by atoms with Crippen LogP contribution in [-0.4, -0.2) is 77.6 Å². The molecule has 0 saturated carbocycles. The van der Waals surface area contributed by atoms with Crippen LogP contribution in [0, 0.1) is 0 Å². The number of nitrogens with one attached hydrogen (secondary N) is 5. The molecule has 1 aromatic heterocycles. The van der Waals surface area contributed by atoms with Gasteiger partial charge >= 0.3 is 6.03 Å². The molecule has 1 aliphatic heterocycles. The Bertz CT molecular complexity index is 2250. The smallest absolute Gasteiger partial charge is 0.323 e. The number of hydrogen-bond donors (Lipinski definition) is 7. The minimum absolute atomic E-state index is 0.179. The van der Waals surface area contributed by atoms with Crippen molar-refractivity contribution < 1.29 is 32.9 Å². The largest absolute Gasteiger partial charge is 0.497 e. The number of carbonyl (C=O) groups is 2. The highest BCUT2D eigenvalue weighted by Gasteiger charge is 2.23. The second kappa shape index (κ2) is 18.2. The summed E-state index contributed by atoms with van der Waals surface area (Å²) in [7, 11) is -0.134.